The van der Waals surface area contributed by atoms with E-state index in [2.05, 4.69) is 44.2 Å². The van der Waals surface area contributed by atoms with Crippen molar-refractivity contribution in [2.24, 2.45) is 5.73 Å². The van der Waals surface area contributed by atoms with E-state index in [0.29, 0.717) is 6.42 Å². The van der Waals surface area contributed by atoms with Crippen LogP contribution in [0.4, 0.5) is 0 Å². The SMILES string of the molecule is CC/C=C/C=C/C=C/C=C/CCCCCCCC(=O)O[C@H](COC(=O)CCCCCCCCCCC/C=C/CCCCCC)COP(=O)(O)OCCN. The third-order valence-corrected chi connectivity index (χ3v) is 9.47. The molecule has 0 saturated carbocycles. The Morgan fingerprint density at radius 2 is 1.06 bits per heavy atom. The van der Waals surface area contributed by atoms with Crippen molar-refractivity contribution in [3.63, 3.8) is 0 Å². The fourth-order valence-electron chi connectivity index (χ4n) is 5.40. The van der Waals surface area contributed by atoms with Crippen LogP contribution >= 0.6 is 7.82 Å². The van der Waals surface area contributed by atoms with Gasteiger partial charge >= 0.3 is 19.8 Å². The number of hydrogen-bond donors (Lipinski definition) is 2. The van der Waals surface area contributed by atoms with Crippen molar-refractivity contribution in [1.29, 1.82) is 0 Å². The molecule has 0 aromatic heterocycles. The third kappa shape index (κ3) is 39.2. The summed E-state index contributed by atoms with van der Waals surface area (Å²) >= 11 is 0. The molecule has 0 aliphatic heterocycles. The number of hydrogen-bond acceptors (Lipinski definition) is 8. The second-order valence-electron chi connectivity index (χ2n) is 13.6. The van der Waals surface area contributed by atoms with Crippen molar-refractivity contribution >= 4 is 19.8 Å². The number of carbonyl (C=O) groups is 2. The van der Waals surface area contributed by atoms with E-state index in [1.54, 1.807) is 0 Å². The lowest BCUT2D eigenvalue weighted by Gasteiger charge is -2.19. The Morgan fingerprint density at radius 1 is 0.585 bits per heavy atom. The molecule has 0 amide bonds. The van der Waals surface area contributed by atoms with E-state index in [9.17, 15) is 19.0 Å². The van der Waals surface area contributed by atoms with Gasteiger partial charge in [-0.15, -0.1) is 0 Å². The van der Waals surface area contributed by atoms with E-state index < -0.39 is 32.5 Å². The number of unbranched alkanes of at least 4 members (excludes halogenated alkanes) is 18. The minimum atomic E-state index is -4.38. The molecule has 0 aromatic rings. The summed E-state index contributed by atoms with van der Waals surface area (Å²) in [6.45, 7) is 3.54. The number of esters is 2. The van der Waals surface area contributed by atoms with Crippen molar-refractivity contribution in [3.05, 3.63) is 60.8 Å². The summed E-state index contributed by atoms with van der Waals surface area (Å²) in [6, 6.07) is 0. The monoisotopic (exact) mass is 766 g/mol. The van der Waals surface area contributed by atoms with Crippen molar-refractivity contribution in [2.75, 3.05) is 26.4 Å². The number of ether oxygens (including phenoxy) is 2. The van der Waals surface area contributed by atoms with Crippen LogP contribution in [-0.4, -0.2) is 49.3 Å². The van der Waals surface area contributed by atoms with Gasteiger partial charge in [0.15, 0.2) is 6.10 Å². The van der Waals surface area contributed by atoms with E-state index in [4.69, 9.17) is 24.3 Å². The summed E-state index contributed by atoms with van der Waals surface area (Å²) in [5, 5.41) is 0. The zero-order chi connectivity index (χ0) is 38.9. The standard InChI is InChI=1S/C43H76NO8P/c1-3-5-7-9-11-13-15-17-19-20-22-23-25-27-29-31-33-35-42(45)49-39-41(40-51-53(47,48)50-38-37-44)52-43(46)36-34-32-30-28-26-24-21-18-16-14-12-10-8-6-4-2/h6,8,10,12-16,18,21,41H,3-5,7,9,11,17,19-20,22-40,44H2,1-2H3,(H,47,48)/b8-6+,12-10+,15-13+,16-14+,21-18+/t41-/m1/s1. The number of phosphoric ester groups is 1. The van der Waals surface area contributed by atoms with Crippen molar-refractivity contribution in [1.82, 2.24) is 0 Å². The van der Waals surface area contributed by atoms with Crippen LogP contribution in [0.2, 0.25) is 0 Å². The highest BCUT2D eigenvalue weighted by Crippen LogP contribution is 2.43. The maximum Gasteiger partial charge on any atom is 0.472 e. The molecule has 0 saturated heterocycles. The molecule has 0 aromatic carbocycles. The molecule has 306 valence electrons. The van der Waals surface area contributed by atoms with E-state index in [-0.39, 0.29) is 32.6 Å². The second kappa shape index (κ2) is 39.4. The van der Waals surface area contributed by atoms with Crippen LogP contribution in [0.15, 0.2) is 60.8 Å². The fourth-order valence-corrected chi connectivity index (χ4v) is 6.17. The van der Waals surface area contributed by atoms with Gasteiger partial charge in [0.25, 0.3) is 0 Å². The molecule has 0 heterocycles. The average molecular weight is 766 g/mol. The molecule has 1 unspecified atom stereocenters. The largest absolute Gasteiger partial charge is 0.472 e. The fraction of sp³-hybridized carbons (Fsp3) is 0.721. The Balaban J connectivity index is 4.21. The molecule has 0 radical (unpaired) electrons. The van der Waals surface area contributed by atoms with E-state index >= 15 is 0 Å². The average Bonchev–Trinajstić information content (AvgIpc) is 3.14. The summed E-state index contributed by atoms with van der Waals surface area (Å²) in [5.41, 5.74) is 5.34. The van der Waals surface area contributed by atoms with Gasteiger partial charge in [0, 0.05) is 19.4 Å². The summed E-state index contributed by atoms with van der Waals surface area (Å²) < 4.78 is 32.7. The number of carbonyl (C=O) groups excluding carboxylic acids is 2. The van der Waals surface area contributed by atoms with Gasteiger partial charge in [0.05, 0.1) is 13.2 Å². The number of rotatable bonds is 38. The lowest BCUT2D eigenvalue weighted by atomic mass is 10.1. The van der Waals surface area contributed by atoms with Gasteiger partial charge in [-0.3, -0.25) is 18.6 Å². The predicted octanol–water partition coefficient (Wildman–Crippen LogP) is 11.7. The summed E-state index contributed by atoms with van der Waals surface area (Å²) in [6.07, 6.45) is 45.3. The first-order valence-corrected chi connectivity index (χ1v) is 22.3. The van der Waals surface area contributed by atoms with E-state index in [0.717, 1.165) is 57.8 Å². The van der Waals surface area contributed by atoms with Gasteiger partial charge < -0.3 is 20.1 Å². The van der Waals surface area contributed by atoms with Crippen LogP contribution in [0, 0.1) is 0 Å². The lowest BCUT2D eigenvalue weighted by Crippen LogP contribution is -2.29. The first-order valence-electron chi connectivity index (χ1n) is 20.8. The van der Waals surface area contributed by atoms with Gasteiger partial charge in [-0.05, 0) is 57.8 Å². The number of nitrogens with two attached hydrogens (primary N) is 1. The topological polar surface area (TPSA) is 134 Å². The molecule has 0 bridgehead atoms. The molecule has 2 atom stereocenters. The van der Waals surface area contributed by atoms with Crippen LogP contribution in [0.1, 0.15) is 168 Å². The van der Waals surface area contributed by atoms with Gasteiger partial charge in [0.2, 0.25) is 0 Å². The van der Waals surface area contributed by atoms with Gasteiger partial charge in [-0.1, -0.05) is 158 Å². The van der Waals surface area contributed by atoms with Crippen molar-refractivity contribution in [2.45, 2.75) is 174 Å². The molecule has 0 spiro atoms. The van der Waals surface area contributed by atoms with Gasteiger partial charge in [-0.2, -0.15) is 0 Å². The molecule has 0 rings (SSSR count). The molecular weight excluding hydrogens is 689 g/mol. The molecule has 0 fully saturated rings. The van der Waals surface area contributed by atoms with Gasteiger partial charge in [-0.25, -0.2) is 4.57 Å². The zero-order valence-electron chi connectivity index (χ0n) is 33.5. The van der Waals surface area contributed by atoms with Crippen molar-refractivity contribution < 1.29 is 37.6 Å². The molecule has 10 heteroatoms. The molecule has 0 aliphatic carbocycles. The molecular formula is C43H76NO8P. The third-order valence-electron chi connectivity index (χ3n) is 8.48. The first kappa shape index (κ1) is 50.7. The first-order chi connectivity index (χ1) is 25.8. The number of allylic oxidation sites excluding steroid dienone is 10. The Hall–Kier alpha value is -2.29. The quantitative estimate of drug-likeness (QED) is 0.0207. The minimum Gasteiger partial charge on any atom is -0.462 e. The highest BCUT2D eigenvalue weighted by molar-refractivity contribution is 7.47. The normalized spacial score (nSPS) is 14.0. The Kier molecular flexibility index (Phi) is 37.7. The second-order valence-corrected chi connectivity index (χ2v) is 15.0. The molecule has 3 N–H and O–H groups in total. The van der Waals surface area contributed by atoms with Crippen LogP contribution in [0.5, 0.6) is 0 Å². The highest BCUT2D eigenvalue weighted by Gasteiger charge is 2.26. The van der Waals surface area contributed by atoms with Crippen LogP contribution in [-0.2, 0) is 32.7 Å². The van der Waals surface area contributed by atoms with E-state index in [1.807, 2.05) is 30.4 Å². The lowest BCUT2D eigenvalue weighted by molar-refractivity contribution is -0.161. The Bertz CT molecular complexity index is 1050. The molecule has 0 aliphatic rings. The summed E-state index contributed by atoms with van der Waals surface area (Å²) in [4.78, 5) is 34.8. The summed E-state index contributed by atoms with van der Waals surface area (Å²) in [5.74, 6) is -0.862. The van der Waals surface area contributed by atoms with E-state index in [1.165, 1.54) is 77.0 Å². The maximum atomic E-state index is 12.6. The predicted molar refractivity (Wildman–Crippen MR) is 219 cm³/mol. The van der Waals surface area contributed by atoms with Crippen LogP contribution < -0.4 is 5.73 Å². The minimum absolute atomic E-state index is 0.0463. The number of phosphoric acid groups is 1. The molecule has 9 nitrogen and oxygen atoms in total. The maximum absolute atomic E-state index is 12.6. The molecule has 53 heavy (non-hydrogen) atoms. The summed E-state index contributed by atoms with van der Waals surface area (Å²) in [7, 11) is -4.38. The Morgan fingerprint density at radius 3 is 1.60 bits per heavy atom. The highest BCUT2D eigenvalue weighted by atomic mass is 31.2. The Labute approximate surface area is 323 Å². The smallest absolute Gasteiger partial charge is 0.462 e. The van der Waals surface area contributed by atoms with Crippen LogP contribution in [0.25, 0.3) is 0 Å². The van der Waals surface area contributed by atoms with Gasteiger partial charge in [0.1, 0.15) is 6.61 Å². The zero-order valence-corrected chi connectivity index (χ0v) is 34.4. The van der Waals surface area contributed by atoms with Crippen molar-refractivity contribution in [3.8, 4) is 0 Å². The van der Waals surface area contributed by atoms with Crippen LogP contribution in [0.3, 0.4) is 0 Å².